The third kappa shape index (κ3) is 13.1. The molecule has 17 aromatic carbocycles. The van der Waals surface area contributed by atoms with Crippen molar-refractivity contribution < 1.29 is 17.8 Å². The molecule has 0 atom stereocenters. The smallest absolute Gasteiger partial charge is 0.252 e. The number of hydrogen-bond acceptors (Lipinski definition) is 3. The third-order valence-corrected chi connectivity index (χ3v) is 25.7. The van der Waals surface area contributed by atoms with Gasteiger partial charge in [-0.25, -0.2) is 0 Å². The van der Waals surface area contributed by atoms with E-state index in [-0.39, 0.29) is 60.5 Å². The van der Waals surface area contributed by atoms with Crippen LogP contribution in [0.15, 0.2) is 382 Å². The summed E-state index contributed by atoms with van der Waals surface area (Å²) in [6, 6.07) is 101. The third-order valence-electron chi connectivity index (χ3n) is 25.7. The summed E-state index contributed by atoms with van der Waals surface area (Å²) in [5, 5.41) is 4.28. The van der Waals surface area contributed by atoms with E-state index in [0.29, 0.717) is 17.1 Å². The van der Waals surface area contributed by atoms with E-state index >= 15 is 0 Å². The number of rotatable bonds is 12. The molecule has 125 heavy (non-hydrogen) atoms. The summed E-state index contributed by atoms with van der Waals surface area (Å²) in [4.78, 5) is 6.50. The number of benzene rings is 17. The zero-order valence-electron chi connectivity index (χ0n) is 85.1. The van der Waals surface area contributed by atoms with Crippen molar-refractivity contribution in [1.82, 2.24) is 13.7 Å². The minimum absolute atomic E-state index is 0.0860. The van der Waals surface area contributed by atoms with Crippen molar-refractivity contribution in [3.05, 3.63) is 404 Å². The highest BCUT2D eigenvalue weighted by molar-refractivity contribution is 7.00. The summed E-state index contributed by atoms with van der Waals surface area (Å²) >= 11 is 0. The average molecular weight is 1630 g/mol. The molecule has 0 radical (unpaired) electrons. The first-order chi connectivity index (χ1) is 65.9. The first kappa shape index (κ1) is 63.5. The summed E-state index contributed by atoms with van der Waals surface area (Å²) in [6.45, 7) is 26.5. The van der Waals surface area contributed by atoms with Crippen molar-refractivity contribution in [3.63, 3.8) is 0 Å². The van der Waals surface area contributed by atoms with Crippen molar-refractivity contribution in [2.45, 2.75) is 105 Å². The summed E-state index contributed by atoms with van der Waals surface area (Å²) in [5.41, 5.74) is 25.4. The molecule has 2 aliphatic rings. The molecule has 0 saturated carbocycles. The van der Waals surface area contributed by atoms with Gasteiger partial charge in [0.25, 0.3) is 6.71 Å². The normalized spacial score (nSPS) is 14.4. The van der Waals surface area contributed by atoms with Crippen LogP contribution in [0, 0.1) is 0 Å². The molecule has 20 aromatic rings. The number of anilines is 9. The van der Waals surface area contributed by atoms with E-state index in [4.69, 9.17) is 5.48 Å². The van der Waals surface area contributed by atoms with Gasteiger partial charge < -0.3 is 28.4 Å². The molecule has 7 heteroatoms. The molecule has 0 unspecified atom stereocenters. The minimum atomic E-state index is -0.606. The van der Waals surface area contributed by atoms with Gasteiger partial charge >= 0.3 is 0 Å². The van der Waals surface area contributed by atoms with E-state index in [1.54, 1.807) is 29.2 Å². The van der Waals surface area contributed by atoms with Gasteiger partial charge in [-0.05, 0) is 275 Å². The van der Waals surface area contributed by atoms with E-state index in [2.05, 4.69) is 357 Å². The fraction of sp³-hybridized carbons (Fsp3) is 0.136. The van der Waals surface area contributed by atoms with Crippen LogP contribution in [0.2, 0.25) is 0 Å². The molecule has 3 aromatic heterocycles. The van der Waals surface area contributed by atoms with E-state index in [1.165, 1.54) is 26.8 Å². The fourth-order valence-corrected chi connectivity index (χ4v) is 19.2. The minimum Gasteiger partial charge on any atom is -0.311 e. The van der Waals surface area contributed by atoms with Crippen LogP contribution in [0.25, 0.3) is 127 Å². The van der Waals surface area contributed by atoms with Crippen molar-refractivity contribution in [3.8, 4) is 61.6 Å². The Hall–Kier alpha value is -14.4. The Morgan fingerprint density at radius 3 is 0.896 bits per heavy atom. The molecule has 0 amide bonds. The molecule has 22 rings (SSSR count). The van der Waals surface area contributed by atoms with Gasteiger partial charge in [0.15, 0.2) is 0 Å². The Morgan fingerprint density at radius 1 is 0.232 bits per heavy atom. The van der Waals surface area contributed by atoms with Gasteiger partial charge in [-0.15, -0.1) is 0 Å². The van der Waals surface area contributed by atoms with Crippen LogP contribution >= 0.6 is 0 Å². The van der Waals surface area contributed by atoms with Crippen LogP contribution in [-0.2, 0) is 21.7 Å². The lowest BCUT2D eigenvalue weighted by atomic mass is 9.33. The predicted molar refractivity (Wildman–Crippen MR) is 535 cm³/mol. The Bertz CT molecular complexity index is 7820. The molecule has 0 aliphatic carbocycles. The number of aromatic nitrogens is 3. The standard InChI is InChI=1S/C118H99BN6/c1-115(2,3)84-46-58-106-98(68-84)99-69-85(116(4,5)6)47-59-107(99)122(106)91-54-56-102-110(72-91)124(93-64-80(76-32-18-13-19-33-76)62-81(65-93)77-34-20-14-21-35-77)112-74-95(120(88-40-26-17-27-41-88)89-50-52-90(53-51-89)121-104-44-30-28-42-96(104)97-43-29-31-45-105(97)121)75-113-114(112)119(102)103-57-55-92(123-108-60-48-86(117(7,8)9)70-100(108)101-71-87(118(10,11)12)49-61-109(101)123)73-111(103)125(113)94-66-82(78-36-22-15-23-37-78)63-83(67-94)79-38-24-16-25-39-79/h13-75H,1-12H3/i17D,26D,27D,28D,29D,30D,31D,40D,41D,42D,43D,44D,45D. The van der Waals surface area contributed by atoms with Crippen molar-refractivity contribution in [2.24, 2.45) is 0 Å². The Kier molecular flexibility index (Phi) is 14.8. The van der Waals surface area contributed by atoms with E-state index in [9.17, 15) is 12.3 Å². The number of para-hydroxylation sites is 3. The second kappa shape index (κ2) is 29.1. The van der Waals surface area contributed by atoms with Crippen molar-refractivity contribution in [1.29, 1.82) is 0 Å². The Balaban J connectivity index is 0.915. The maximum atomic E-state index is 10.5. The van der Waals surface area contributed by atoms with Gasteiger partial charge in [0, 0.05) is 94.9 Å². The van der Waals surface area contributed by atoms with Crippen LogP contribution in [0.5, 0.6) is 0 Å². The zero-order chi connectivity index (χ0) is 96.4. The first-order valence-electron chi connectivity index (χ1n) is 49.7. The molecule has 0 spiro atoms. The maximum absolute atomic E-state index is 10.5. The molecular formula is C118H99BN6. The predicted octanol–water partition coefficient (Wildman–Crippen LogP) is 30.4. The summed E-state index contributed by atoms with van der Waals surface area (Å²) in [7, 11) is 0. The molecule has 6 nitrogen and oxygen atoms in total. The van der Waals surface area contributed by atoms with Gasteiger partial charge in [0.05, 0.1) is 56.6 Å². The molecule has 0 fully saturated rings. The SMILES string of the molecule is [2H]c1c([2H])c([2H])c(N(c2ccc(-n3c4c([2H])c([2H])c([2H])c([2H])c4c4c([2H])c([2H])c([2H])c([2H])c43)cc2)c2cc3c4c(c2)N(c2cc(-c5ccccc5)cc(-c5ccccc5)c2)c2cc(-n5c6ccc(C(C)(C)C)cc6c6cc(C(C)(C)C)ccc65)ccc2B4c2ccc(-n4c5ccc(C(C)(C)C)cc5c5cc(C(C)(C)C)ccc54)cc2N3c2cc(-c3ccccc3)cc(-c3ccccc3)c2)c([2H])c1[2H]. The van der Waals surface area contributed by atoms with Crippen LogP contribution < -0.4 is 31.1 Å². The van der Waals surface area contributed by atoms with E-state index in [0.717, 1.165) is 139 Å². The monoisotopic (exact) mass is 1620 g/mol. The first-order valence-corrected chi connectivity index (χ1v) is 43.2. The highest BCUT2D eigenvalue weighted by atomic mass is 15.2. The molecule has 2 aliphatic heterocycles. The molecule has 5 heterocycles. The van der Waals surface area contributed by atoms with Gasteiger partial charge in [0.2, 0.25) is 0 Å². The lowest BCUT2D eigenvalue weighted by Crippen LogP contribution is -2.61. The number of nitrogens with zero attached hydrogens (tertiary/aromatic N) is 6. The van der Waals surface area contributed by atoms with Crippen LogP contribution in [0.4, 0.5) is 51.2 Å². The van der Waals surface area contributed by atoms with Gasteiger partial charge in [-0.2, -0.15) is 0 Å². The summed E-state index contributed by atoms with van der Waals surface area (Å²) in [6.07, 6.45) is 0. The second-order valence-electron chi connectivity index (χ2n) is 37.7. The fourth-order valence-electron chi connectivity index (χ4n) is 19.2. The van der Waals surface area contributed by atoms with Crippen LogP contribution in [0.3, 0.4) is 0 Å². The molecule has 0 bridgehead atoms. The lowest BCUT2D eigenvalue weighted by molar-refractivity contribution is 0.590. The lowest BCUT2D eigenvalue weighted by Gasteiger charge is -2.45. The highest BCUT2D eigenvalue weighted by Crippen LogP contribution is 2.53. The summed E-state index contributed by atoms with van der Waals surface area (Å²) < 4.78 is 130. The molecule has 0 saturated heterocycles. The average Bonchev–Trinajstić information content (AvgIpc) is 1.63. The largest absolute Gasteiger partial charge is 0.311 e. The quantitative estimate of drug-likeness (QED) is 0.114. The molecule has 0 N–H and O–H groups in total. The van der Waals surface area contributed by atoms with Gasteiger partial charge in [0.1, 0.15) is 0 Å². The molecule has 604 valence electrons. The van der Waals surface area contributed by atoms with E-state index in [1.807, 2.05) is 24.3 Å². The van der Waals surface area contributed by atoms with Gasteiger partial charge in [-0.1, -0.05) is 295 Å². The van der Waals surface area contributed by atoms with Crippen LogP contribution in [-0.4, -0.2) is 20.4 Å². The van der Waals surface area contributed by atoms with Gasteiger partial charge in [-0.3, -0.25) is 0 Å². The van der Waals surface area contributed by atoms with Crippen molar-refractivity contribution >= 4 is 140 Å². The zero-order valence-corrected chi connectivity index (χ0v) is 72.1. The topological polar surface area (TPSA) is 24.5 Å². The second-order valence-corrected chi connectivity index (χ2v) is 37.7. The number of fused-ring (bicyclic) bond motifs is 13. The molecular weight excluding hydrogens is 1510 g/mol. The Morgan fingerprint density at radius 2 is 0.552 bits per heavy atom. The number of hydrogen-bond donors (Lipinski definition) is 0. The van der Waals surface area contributed by atoms with Crippen molar-refractivity contribution in [2.75, 3.05) is 14.7 Å². The summed E-state index contributed by atoms with van der Waals surface area (Å²) in [5.74, 6) is 0. The maximum Gasteiger partial charge on any atom is 0.252 e. The highest BCUT2D eigenvalue weighted by Gasteiger charge is 2.45. The van der Waals surface area contributed by atoms with Crippen LogP contribution in [0.1, 0.15) is 123 Å². The Labute approximate surface area is 752 Å². The van der Waals surface area contributed by atoms with E-state index < -0.39 is 85.3 Å².